The Hall–Kier alpha value is -2.60. The first-order valence-electron chi connectivity index (χ1n) is 7.68. The van der Waals surface area contributed by atoms with Crippen LogP contribution in [0.5, 0.6) is 0 Å². The fraction of sp³-hybridized carbons (Fsp3) is 0.211. The molecule has 0 spiro atoms. The van der Waals surface area contributed by atoms with Gasteiger partial charge in [-0.3, -0.25) is 9.59 Å². The van der Waals surface area contributed by atoms with Gasteiger partial charge in [0.25, 0.3) is 5.91 Å². The molecule has 0 radical (unpaired) electrons. The molecule has 0 aliphatic rings. The molecule has 2 aromatic rings. The number of nitrogens with one attached hydrogen (secondary N) is 1. The number of thioether (sulfide) groups is 1. The maximum Gasteiger partial charge on any atom is 0.340 e. The number of ether oxygens (including phenoxy) is 1. The first-order chi connectivity index (χ1) is 11.9. The maximum atomic E-state index is 12.3. The van der Waals surface area contributed by atoms with E-state index in [-0.39, 0.29) is 5.78 Å². The second-order valence-corrected chi connectivity index (χ2v) is 6.22. The van der Waals surface area contributed by atoms with Crippen LogP contribution in [0.25, 0.3) is 0 Å². The fourth-order valence-electron chi connectivity index (χ4n) is 2.12. The van der Waals surface area contributed by atoms with Gasteiger partial charge >= 0.3 is 5.97 Å². The molecule has 5 nitrogen and oxygen atoms in total. The summed E-state index contributed by atoms with van der Waals surface area (Å²) in [6.07, 6.45) is 0.919. The number of carbonyl (C=O) groups is 3. The normalized spacial score (nSPS) is 11.5. The Morgan fingerprint density at radius 3 is 2.28 bits per heavy atom. The molecule has 0 aliphatic heterocycles. The predicted molar refractivity (Wildman–Crippen MR) is 98.2 cm³/mol. The highest BCUT2D eigenvalue weighted by atomic mass is 32.2. The van der Waals surface area contributed by atoms with Gasteiger partial charge in [0, 0.05) is 16.1 Å². The molecule has 130 valence electrons. The van der Waals surface area contributed by atoms with Gasteiger partial charge < -0.3 is 10.1 Å². The Kier molecular flexibility index (Phi) is 6.36. The maximum absolute atomic E-state index is 12.3. The number of amides is 1. The zero-order valence-corrected chi connectivity index (χ0v) is 15.1. The molecule has 0 bridgehead atoms. The molecule has 0 aliphatic carbocycles. The van der Waals surface area contributed by atoms with Gasteiger partial charge in [-0.05, 0) is 56.5 Å². The quantitative estimate of drug-likeness (QED) is 0.484. The minimum atomic E-state index is -0.949. The highest BCUT2D eigenvalue weighted by molar-refractivity contribution is 7.98. The third-order valence-corrected chi connectivity index (χ3v) is 4.33. The summed E-state index contributed by atoms with van der Waals surface area (Å²) < 4.78 is 5.26. The Morgan fingerprint density at radius 2 is 1.68 bits per heavy atom. The van der Waals surface area contributed by atoms with Crippen LogP contribution in [-0.4, -0.2) is 30.0 Å². The van der Waals surface area contributed by atoms with Crippen LogP contribution in [-0.2, 0) is 9.53 Å². The zero-order valence-electron chi connectivity index (χ0n) is 14.2. The van der Waals surface area contributed by atoms with Gasteiger partial charge in [0.05, 0.1) is 5.56 Å². The molecule has 25 heavy (non-hydrogen) atoms. The lowest BCUT2D eigenvalue weighted by Crippen LogP contribution is -2.30. The van der Waals surface area contributed by atoms with E-state index in [1.807, 2.05) is 18.4 Å². The van der Waals surface area contributed by atoms with Crippen LogP contribution in [0.1, 0.15) is 34.6 Å². The molecule has 1 amide bonds. The summed E-state index contributed by atoms with van der Waals surface area (Å²) in [5.41, 5.74) is 1.52. The van der Waals surface area contributed by atoms with Gasteiger partial charge in [-0.25, -0.2) is 4.79 Å². The van der Waals surface area contributed by atoms with Gasteiger partial charge in [-0.15, -0.1) is 11.8 Å². The molecule has 0 heterocycles. The Balaban J connectivity index is 2.00. The average Bonchev–Trinajstić information content (AvgIpc) is 2.61. The van der Waals surface area contributed by atoms with Crippen molar-refractivity contribution in [2.45, 2.75) is 24.8 Å². The monoisotopic (exact) mass is 357 g/mol. The van der Waals surface area contributed by atoms with Crippen molar-refractivity contribution in [3.05, 3.63) is 59.7 Å². The third-order valence-electron chi connectivity index (χ3n) is 3.54. The van der Waals surface area contributed by atoms with Crippen molar-refractivity contribution < 1.29 is 19.1 Å². The fourth-order valence-corrected chi connectivity index (χ4v) is 2.71. The second-order valence-electron chi connectivity index (χ2n) is 5.37. The van der Waals surface area contributed by atoms with Crippen LogP contribution < -0.4 is 5.32 Å². The molecule has 2 rings (SSSR count). The van der Waals surface area contributed by atoms with E-state index in [1.54, 1.807) is 36.4 Å². The molecule has 0 aromatic heterocycles. The number of rotatable bonds is 6. The topological polar surface area (TPSA) is 72.5 Å². The van der Waals surface area contributed by atoms with E-state index < -0.39 is 18.0 Å². The molecular weight excluding hydrogens is 338 g/mol. The second kappa shape index (κ2) is 8.48. The van der Waals surface area contributed by atoms with Crippen LogP contribution in [0.3, 0.4) is 0 Å². The number of carbonyl (C=O) groups excluding carboxylic acids is 3. The summed E-state index contributed by atoms with van der Waals surface area (Å²) in [6.45, 7) is 2.99. The summed E-state index contributed by atoms with van der Waals surface area (Å²) in [5, 5.41) is 2.66. The molecule has 2 aromatic carbocycles. The molecular formula is C19H19NO4S. The largest absolute Gasteiger partial charge is 0.449 e. The lowest BCUT2D eigenvalue weighted by Gasteiger charge is -2.14. The summed E-state index contributed by atoms with van der Waals surface area (Å²) in [4.78, 5) is 36.5. The van der Waals surface area contributed by atoms with E-state index in [4.69, 9.17) is 4.74 Å². The zero-order chi connectivity index (χ0) is 18.4. The summed E-state index contributed by atoms with van der Waals surface area (Å²) in [5.74, 6) is -1.03. The number of ketones is 1. The summed E-state index contributed by atoms with van der Waals surface area (Å²) >= 11 is 1.44. The lowest BCUT2D eigenvalue weighted by atomic mass is 10.1. The van der Waals surface area contributed by atoms with E-state index >= 15 is 0 Å². The molecule has 6 heteroatoms. The SMILES string of the molecule is CSc1ccccc1C(=O)OC(C)C(=O)Nc1ccc(C(C)=O)cc1. The van der Waals surface area contributed by atoms with E-state index in [2.05, 4.69) is 5.32 Å². The highest BCUT2D eigenvalue weighted by Gasteiger charge is 2.20. The molecule has 0 saturated heterocycles. The summed E-state index contributed by atoms with van der Waals surface area (Å²) in [6, 6.07) is 13.6. The Bertz CT molecular complexity index is 786. The number of esters is 1. The Morgan fingerprint density at radius 1 is 1.04 bits per heavy atom. The van der Waals surface area contributed by atoms with Crippen LogP contribution >= 0.6 is 11.8 Å². The van der Waals surface area contributed by atoms with Crippen molar-refractivity contribution in [1.29, 1.82) is 0 Å². The summed E-state index contributed by atoms with van der Waals surface area (Å²) in [7, 11) is 0. The van der Waals surface area contributed by atoms with Crippen LogP contribution in [0.15, 0.2) is 53.4 Å². The molecule has 1 unspecified atom stereocenters. The highest BCUT2D eigenvalue weighted by Crippen LogP contribution is 2.21. The van der Waals surface area contributed by atoms with E-state index in [1.165, 1.54) is 25.6 Å². The van der Waals surface area contributed by atoms with E-state index in [0.29, 0.717) is 16.8 Å². The molecule has 1 atom stereocenters. The predicted octanol–water partition coefficient (Wildman–Crippen LogP) is 3.80. The number of anilines is 1. The van der Waals surface area contributed by atoms with Gasteiger partial charge in [-0.2, -0.15) is 0 Å². The molecule has 1 N–H and O–H groups in total. The van der Waals surface area contributed by atoms with Crippen molar-refractivity contribution in [3.8, 4) is 0 Å². The van der Waals surface area contributed by atoms with Crippen molar-refractivity contribution in [2.24, 2.45) is 0 Å². The number of Topliss-reactive ketones (excluding diaryl/α,β-unsaturated/α-hetero) is 1. The standard InChI is InChI=1S/C19H19NO4S/c1-12(21)14-8-10-15(11-9-14)20-18(22)13(2)24-19(23)16-6-4-5-7-17(16)25-3/h4-11,13H,1-3H3,(H,20,22). The van der Waals surface area contributed by atoms with E-state index in [9.17, 15) is 14.4 Å². The van der Waals surface area contributed by atoms with Gasteiger partial charge in [-0.1, -0.05) is 12.1 Å². The van der Waals surface area contributed by atoms with Crippen molar-refractivity contribution in [3.63, 3.8) is 0 Å². The van der Waals surface area contributed by atoms with Gasteiger partial charge in [0.2, 0.25) is 0 Å². The minimum absolute atomic E-state index is 0.0485. The number of hydrogen-bond acceptors (Lipinski definition) is 5. The smallest absolute Gasteiger partial charge is 0.340 e. The lowest BCUT2D eigenvalue weighted by molar-refractivity contribution is -0.123. The number of benzene rings is 2. The van der Waals surface area contributed by atoms with Crippen LogP contribution in [0.2, 0.25) is 0 Å². The van der Waals surface area contributed by atoms with Gasteiger partial charge in [0.1, 0.15) is 0 Å². The Labute approximate surface area is 150 Å². The van der Waals surface area contributed by atoms with Crippen LogP contribution in [0.4, 0.5) is 5.69 Å². The number of hydrogen-bond donors (Lipinski definition) is 1. The van der Waals surface area contributed by atoms with E-state index in [0.717, 1.165) is 4.90 Å². The van der Waals surface area contributed by atoms with Crippen molar-refractivity contribution >= 4 is 35.1 Å². The van der Waals surface area contributed by atoms with Crippen LogP contribution in [0, 0.1) is 0 Å². The average molecular weight is 357 g/mol. The molecule has 0 saturated carbocycles. The van der Waals surface area contributed by atoms with Crippen molar-refractivity contribution in [1.82, 2.24) is 0 Å². The first-order valence-corrected chi connectivity index (χ1v) is 8.90. The minimum Gasteiger partial charge on any atom is -0.449 e. The van der Waals surface area contributed by atoms with Gasteiger partial charge in [0.15, 0.2) is 11.9 Å². The molecule has 0 fully saturated rings. The van der Waals surface area contributed by atoms with Crippen molar-refractivity contribution in [2.75, 3.05) is 11.6 Å². The third kappa shape index (κ3) is 4.93. The first kappa shape index (κ1) is 18.7.